The van der Waals surface area contributed by atoms with Gasteiger partial charge in [0.05, 0.1) is 45.2 Å². The number of aliphatic hydroxyl groups excluding tert-OH is 5. The molecule has 1 aromatic carbocycles. The van der Waals surface area contributed by atoms with Crippen molar-refractivity contribution in [3.63, 3.8) is 0 Å². The van der Waals surface area contributed by atoms with E-state index in [2.05, 4.69) is 0 Å². The van der Waals surface area contributed by atoms with Gasteiger partial charge in [-0.05, 0) is 24.3 Å². The molecule has 3 aliphatic heterocycles. The van der Waals surface area contributed by atoms with Gasteiger partial charge in [-0.1, -0.05) is 0 Å². The van der Waals surface area contributed by atoms with E-state index < -0.39 is 85.8 Å². The summed E-state index contributed by atoms with van der Waals surface area (Å²) in [4.78, 5) is 13.0. The number of rotatable bonds is 8. The minimum Gasteiger partial charge on any atom is -0.493 e. The molecule has 3 fully saturated rings. The fraction of sp³-hybridized carbons (Fsp3) is 0.625. The number of hydrogen-bond donors (Lipinski definition) is 5. The van der Waals surface area contributed by atoms with Crippen LogP contribution in [0.5, 0.6) is 11.5 Å². The zero-order valence-electron chi connectivity index (χ0n) is 20.1. The van der Waals surface area contributed by atoms with E-state index in [0.29, 0.717) is 11.5 Å². The summed E-state index contributed by atoms with van der Waals surface area (Å²) in [5.74, 6) is -1.00. The van der Waals surface area contributed by atoms with Gasteiger partial charge in [0.2, 0.25) is 6.29 Å². The van der Waals surface area contributed by atoms with Crippen molar-refractivity contribution in [3.05, 3.63) is 36.1 Å². The van der Waals surface area contributed by atoms with Crippen LogP contribution in [0.25, 0.3) is 0 Å². The van der Waals surface area contributed by atoms with E-state index in [1.165, 1.54) is 32.6 Å². The largest absolute Gasteiger partial charge is 0.493 e. The second kappa shape index (κ2) is 10.0. The van der Waals surface area contributed by atoms with Crippen LogP contribution in [0.3, 0.4) is 0 Å². The molecule has 5 N–H and O–H groups in total. The number of aliphatic hydroxyl groups is 5. The summed E-state index contributed by atoms with van der Waals surface area (Å²) in [5, 5.41) is 50.2. The Morgan fingerprint density at radius 2 is 1.78 bits per heavy atom. The van der Waals surface area contributed by atoms with Crippen molar-refractivity contribution in [2.75, 3.05) is 27.4 Å². The van der Waals surface area contributed by atoms with Gasteiger partial charge in [-0.15, -0.1) is 0 Å². The van der Waals surface area contributed by atoms with Crippen LogP contribution in [0.15, 0.2) is 30.5 Å². The average Bonchev–Trinajstić information content (AvgIpc) is 3.60. The standard InChI is InChI=1S/C24H30O13/c1-31-12-4-3-10(7-13(12)32-2)21(30)35-19-11-5-6-33-22(15(11)24(9-26)20(19)37-24)36-23-18(29)17(28)16(27)14(8-25)34-23/h3-7,11,14-20,22-23,25-29H,8-9H2,1-2H3/t11-,14-,15+,16-,17+,18-,19+,20-,22-,23-,24-/m0/s1. The first-order chi connectivity index (χ1) is 17.8. The van der Waals surface area contributed by atoms with Crippen LogP contribution in [0.2, 0.25) is 0 Å². The van der Waals surface area contributed by atoms with Crippen LogP contribution in [0.4, 0.5) is 0 Å². The molecule has 5 rings (SSSR count). The van der Waals surface area contributed by atoms with Crippen LogP contribution < -0.4 is 9.47 Å². The third-order valence-electron chi connectivity index (χ3n) is 7.46. The van der Waals surface area contributed by atoms with Gasteiger partial charge in [0.25, 0.3) is 0 Å². The molecule has 204 valence electrons. The summed E-state index contributed by atoms with van der Waals surface area (Å²) >= 11 is 0. The normalized spacial score (nSPS) is 41.8. The molecular weight excluding hydrogens is 496 g/mol. The van der Waals surface area contributed by atoms with Crippen molar-refractivity contribution in [3.8, 4) is 11.5 Å². The van der Waals surface area contributed by atoms with E-state index in [-0.39, 0.29) is 5.56 Å². The minimum absolute atomic E-state index is 0.224. The quantitative estimate of drug-likeness (QED) is 0.191. The van der Waals surface area contributed by atoms with E-state index >= 15 is 0 Å². The highest BCUT2D eigenvalue weighted by molar-refractivity contribution is 5.90. The van der Waals surface area contributed by atoms with Crippen LogP contribution in [-0.4, -0.2) is 114 Å². The van der Waals surface area contributed by atoms with E-state index in [9.17, 15) is 30.3 Å². The second-order valence-corrected chi connectivity index (χ2v) is 9.36. The highest BCUT2D eigenvalue weighted by atomic mass is 16.8. The Hall–Kier alpha value is -2.49. The zero-order chi connectivity index (χ0) is 26.5. The first kappa shape index (κ1) is 26.1. The lowest BCUT2D eigenvalue weighted by Gasteiger charge is -2.43. The maximum absolute atomic E-state index is 13.0. The van der Waals surface area contributed by atoms with Crippen molar-refractivity contribution in [1.29, 1.82) is 0 Å². The fourth-order valence-electron chi connectivity index (χ4n) is 5.44. The summed E-state index contributed by atoms with van der Waals surface area (Å²) in [6, 6.07) is 4.61. The average molecular weight is 526 g/mol. The Kier molecular flexibility index (Phi) is 7.06. The predicted molar refractivity (Wildman–Crippen MR) is 119 cm³/mol. The molecule has 3 heterocycles. The second-order valence-electron chi connectivity index (χ2n) is 9.36. The number of carbonyl (C=O) groups excluding carboxylic acids is 1. The monoisotopic (exact) mass is 526 g/mol. The lowest BCUT2D eigenvalue weighted by molar-refractivity contribution is -0.344. The van der Waals surface area contributed by atoms with Gasteiger partial charge in [-0.3, -0.25) is 0 Å². The van der Waals surface area contributed by atoms with Gasteiger partial charge >= 0.3 is 5.97 Å². The number of benzene rings is 1. The van der Waals surface area contributed by atoms with E-state index in [1.807, 2.05) is 0 Å². The molecule has 13 nitrogen and oxygen atoms in total. The molecule has 13 heteroatoms. The SMILES string of the molecule is COc1ccc(C(=O)O[C@@H]2[C@H]3C=CO[C@@H](O[C@@H]4O[C@@H](CO)[C@H](O)[C@@H](O)[C@@H]4O)[C@@H]3[C@]3(CO)O[C@@H]23)cc1OC. The molecule has 2 saturated heterocycles. The number of hydrogen-bond acceptors (Lipinski definition) is 13. The number of carbonyl (C=O) groups is 1. The Balaban J connectivity index is 1.34. The Morgan fingerprint density at radius 3 is 2.46 bits per heavy atom. The summed E-state index contributed by atoms with van der Waals surface area (Å²) in [5.41, 5.74) is -0.918. The molecule has 0 radical (unpaired) electrons. The van der Waals surface area contributed by atoms with Gasteiger partial charge in [-0.2, -0.15) is 0 Å². The molecule has 0 bridgehead atoms. The van der Waals surface area contributed by atoms with Crippen LogP contribution >= 0.6 is 0 Å². The number of ether oxygens (including phenoxy) is 7. The first-order valence-electron chi connectivity index (χ1n) is 11.8. The van der Waals surface area contributed by atoms with Crippen LogP contribution in [-0.2, 0) is 23.7 Å². The van der Waals surface area contributed by atoms with Gasteiger partial charge in [0.1, 0.15) is 42.2 Å². The maximum atomic E-state index is 13.0. The smallest absolute Gasteiger partial charge is 0.338 e. The lowest BCUT2D eigenvalue weighted by Crippen LogP contribution is -2.60. The predicted octanol–water partition coefficient (Wildman–Crippen LogP) is -1.71. The molecule has 1 aliphatic carbocycles. The molecule has 1 saturated carbocycles. The van der Waals surface area contributed by atoms with Crippen LogP contribution in [0, 0.1) is 11.8 Å². The van der Waals surface area contributed by atoms with Crippen molar-refractivity contribution in [2.24, 2.45) is 11.8 Å². The summed E-state index contributed by atoms with van der Waals surface area (Å²) in [7, 11) is 2.93. The number of epoxide rings is 1. The minimum atomic E-state index is -1.65. The molecule has 11 atom stereocenters. The number of methoxy groups -OCH3 is 2. The maximum Gasteiger partial charge on any atom is 0.338 e. The van der Waals surface area contributed by atoms with E-state index in [4.69, 9.17) is 33.2 Å². The van der Waals surface area contributed by atoms with E-state index in [0.717, 1.165) is 0 Å². The molecule has 1 aromatic rings. The number of esters is 1. The fourth-order valence-corrected chi connectivity index (χ4v) is 5.44. The van der Waals surface area contributed by atoms with Crippen LogP contribution in [0.1, 0.15) is 10.4 Å². The van der Waals surface area contributed by atoms with Crippen molar-refractivity contribution in [1.82, 2.24) is 0 Å². The third-order valence-corrected chi connectivity index (χ3v) is 7.46. The molecule has 0 aromatic heterocycles. The molecule has 0 amide bonds. The Morgan fingerprint density at radius 1 is 1.03 bits per heavy atom. The topological polar surface area (TPSA) is 186 Å². The summed E-state index contributed by atoms with van der Waals surface area (Å²) in [6.07, 6.45) is -7.02. The molecule has 4 aliphatic rings. The summed E-state index contributed by atoms with van der Waals surface area (Å²) < 4.78 is 39.0. The highest BCUT2D eigenvalue weighted by Gasteiger charge is 2.77. The summed E-state index contributed by atoms with van der Waals surface area (Å²) in [6.45, 7) is -1.04. The van der Waals surface area contributed by atoms with Gasteiger partial charge in [0, 0.05) is 5.92 Å². The van der Waals surface area contributed by atoms with Gasteiger partial charge in [-0.25, -0.2) is 4.79 Å². The third kappa shape index (κ3) is 4.25. The van der Waals surface area contributed by atoms with Crippen molar-refractivity contribution in [2.45, 2.75) is 54.8 Å². The van der Waals surface area contributed by atoms with E-state index in [1.54, 1.807) is 12.1 Å². The molecule has 37 heavy (non-hydrogen) atoms. The first-order valence-corrected chi connectivity index (χ1v) is 11.8. The Bertz CT molecular complexity index is 1030. The van der Waals surface area contributed by atoms with Crippen molar-refractivity contribution < 1.29 is 63.5 Å². The number of fused-ring (bicyclic) bond motifs is 3. The zero-order valence-corrected chi connectivity index (χ0v) is 20.1. The molecular formula is C24H30O13. The lowest BCUT2D eigenvalue weighted by atomic mass is 9.85. The highest BCUT2D eigenvalue weighted by Crippen LogP contribution is 2.60. The Labute approximate surface area is 211 Å². The van der Waals surface area contributed by atoms with Gasteiger partial charge < -0.3 is 58.7 Å². The molecule has 0 unspecified atom stereocenters. The van der Waals surface area contributed by atoms with Gasteiger partial charge in [0.15, 0.2) is 17.8 Å². The van der Waals surface area contributed by atoms with Crippen molar-refractivity contribution >= 4 is 5.97 Å². The molecule has 0 spiro atoms.